The molecule has 3 aromatic rings. The van der Waals surface area contributed by atoms with E-state index >= 15 is 0 Å². The second kappa shape index (κ2) is 5.72. The fourth-order valence-electron chi connectivity index (χ4n) is 2.06. The van der Waals surface area contributed by atoms with E-state index in [0.717, 1.165) is 7.11 Å². The van der Waals surface area contributed by atoms with Crippen molar-refractivity contribution in [2.45, 2.75) is 0 Å². The van der Waals surface area contributed by atoms with Crippen molar-refractivity contribution in [2.24, 2.45) is 0 Å². The van der Waals surface area contributed by atoms with Gasteiger partial charge in [0.2, 0.25) is 11.3 Å². The minimum atomic E-state index is -0.905. The zero-order valence-electron chi connectivity index (χ0n) is 11.8. The van der Waals surface area contributed by atoms with Crippen molar-refractivity contribution in [1.82, 2.24) is 10.1 Å². The van der Waals surface area contributed by atoms with Crippen LogP contribution in [-0.4, -0.2) is 28.1 Å². The molecule has 0 atom stereocenters. The first-order chi connectivity index (χ1) is 11.1. The van der Waals surface area contributed by atoms with Gasteiger partial charge in [0.25, 0.3) is 0 Å². The summed E-state index contributed by atoms with van der Waals surface area (Å²) in [5, 5.41) is 14.3. The highest BCUT2D eigenvalue weighted by Crippen LogP contribution is 2.33. The lowest BCUT2D eigenvalue weighted by Gasteiger charge is -2.01. The van der Waals surface area contributed by atoms with Crippen LogP contribution in [0.3, 0.4) is 0 Å². The van der Waals surface area contributed by atoms with Crippen molar-refractivity contribution in [2.75, 3.05) is 7.11 Å². The van der Waals surface area contributed by atoms with Gasteiger partial charge in [-0.1, -0.05) is 18.2 Å². The number of hydrogen-bond acceptors (Lipinski definition) is 8. The van der Waals surface area contributed by atoms with Crippen molar-refractivity contribution in [3.63, 3.8) is 0 Å². The van der Waals surface area contributed by atoms with E-state index in [1.165, 1.54) is 12.6 Å². The Balaban J connectivity index is 2.14. The lowest BCUT2D eigenvalue weighted by Crippen LogP contribution is -2.05. The van der Waals surface area contributed by atoms with Gasteiger partial charge in [0, 0.05) is 11.1 Å². The van der Waals surface area contributed by atoms with Gasteiger partial charge >= 0.3 is 11.8 Å². The molecule has 0 saturated heterocycles. The van der Waals surface area contributed by atoms with Crippen LogP contribution in [0.25, 0.3) is 22.6 Å². The maximum absolute atomic E-state index is 11.9. The highest BCUT2D eigenvalue weighted by Gasteiger charge is 2.33. The molecule has 0 radical (unpaired) electrons. The lowest BCUT2D eigenvalue weighted by atomic mass is 10.0. The summed E-state index contributed by atoms with van der Waals surface area (Å²) in [4.78, 5) is 25.9. The van der Waals surface area contributed by atoms with Crippen molar-refractivity contribution in [3.05, 3.63) is 52.5 Å². The molecule has 23 heavy (non-hydrogen) atoms. The van der Waals surface area contributed by atoms with E-state index in [-0.39, 0.29) is 11.3 Å². The van der Waals surface area contributed by atoms with Crippen LogP contribution < -0.4 is 0 Å². The van der Waals surface area contributed by atoms with Crippen LogP contribution in [0.15, 0.2) is 45.8 Å². The van der Waals surface area contributed by atoms with Crippen molar-refractivity contribution >= 4 is 11.8 Å². The van der Waals surface area contributed by atoms with Crippen LogP contribution in [0.1, 0.15) is 10.4 Å². The number of rotatable bonds is 4. The first-order valence-electron chi connectivity index (χ1n) is 6.33. The topological polar surface area (TPSA) is 122 Å². The quantitative estimate of drug-likeness (QED) is 0.409. The second-order valence-corrected chi connectivity index (χ2v) is 4.41. The van der Waals surface area contributed by atoms with Crippen LogP contribution in [0.4, 0.5) is 5.82 Å². The number of oxazole rings is 1. The molecule has 0 aliphatic rings. The van der Waals surface area contributed by atoms with Crippen LogP contribution in [0, 0.1) is 10.1 Å². The standard InChI is InChI=1S/C14H9N3O6/c1-21-14(18)11-12(23-16-13(11)17(19)20)9-4-2-3-8(5-9)10-6-15-7-22-10/h2-7H,1H3. The molecule has 0 amide bonds. The molecular weight excluding hydrogens is 306 g/mol. The van der Waals surface area contributed by atoms with Gasteiger partial charge in [-0.15, -0.1) is 0 Å². The molecule has 9 heteroatoms. The third-order valence-electron chi connectivity index (χ3n) is 3.08. The average molecular weight is 315 g/mol. The van der Waals surface area contributed by atoms with Crippen molar-refractivity contribution in [1.29, 1.82) is 0 Å². The molecule has 9 nitrogen and oxygen atoms in total. The van der Waals surface area contributed by atoms with Gasteiger partial charge in [0.15, 0.2) is 17.3 Å². The van der Waals surface area contributed by atoms with Gasteiger partial charge in [-0.3, -0.25) is 4.52 Å². The molecule has 2 heterocycles. The number of methoxy groups -OCH3 is 1. The summed E-state index contributed by atoms with van der Waals surface area (Å²) < 4.78 is 14.8. The van der Waals surface area contributed by atoms with Gasteiger partial charge in [-0.05, 0) is 11.0 Å². The molecule has 0 saturated carbocycles. The molecule has 0 aliphatic heterocycles. The van der Waals surface area contributed by atoms with Gasteiger partial charge < -0.3 is 19.3 Å². The Morgan fingerprint density at radius 2 is 2.13 bits per heavy atom. The number of nitrogens with zero attached hydrogens (tertiary/aromatic N) is 3. The van der Waals surface area contributed by atoms with Crippen LogP contribution in [0.2, 0.25) is 0 Å². The van der Waals surface area contributed by atoms with Crippen molar-refractivity contribution in [3.8, 4) is 22.6 Å². The minimum absolute atomic E-state index is 0.0510. The number of benzene rings is 1. The Labute approximate surface area is 128 Å². The number of carbonyl (C=O) groups excluding carboxylic acids is 1. The van der Waals surface area contributed by atoms with Crippen molar-refractivity contribution < 1.29 is 23.4 Å². The molecule has 1 aromatic carbocycles. The fourth-order valence-corrected chi connectivity index (χ4v) is 2.06. The number of nitro groups is 1. The number of carbonyl (C=O) groups is 1. The molecule has 0 bridgehead atoms. The first-order valence-corrected chi connectivity index (χ1v) is 6.33. The molecule has 0 N–H and O–H groups in total. The smallest absolute Gasteiger partial charge is 0.428 e. The molecule has 0 unspecified atom stereocenters. The zero-order chi connectivity index (χ0) is 16.4. The summed E-state index contributed by atoms with van der Waals surface area (Å²) in [6.07, 6.45) is 2.80. The van der Waals surface area contributed by atoms with Crippen LogP contribution in [0.5, 0.6) is 0 Å². The Morgan fingerprint density at radius 1 is 1.35 bits per heavy atom. The third-order valence-corrected chi connectivity index (χ3v) is 3.08. The summed E-state index contributed by atoms with van der Waals surface area (Å²) in [5.74, 6) is -1.15. The minimum Gasteiger partial charge on any atom is -0.465 e. The predicted molar refractivity (Wildman–Crippen MR) is 75.4 cm³/mol. The predicted octanol–water partition coefficient (Wildman–Crippen LogP) is 2.69. The van der Waals surface area contributed by atoms with E-state index in [0.29, 0.717) is 16.9 Å². The monoisotopic (exact) mass is 315 g/mol. The van der Waals surface area contributed by atoms with Gasteiger partial charge in [0.05, 0.1) is 13.3 Å². The van der Waals surface area contributed by atoms with Gasteiger partial charge in [-0.25, -0.2) is 9.78 Å². The maximum Gasteiger partial charge on any atom is 0.428 e. The second-order valence-electron chi connectivity index (χ2n) is 4.41. The number of esters is 1. The molecule has 3 rings (SSSR count). The van der Waals surface area contributed by atoms with E-state index < -0.39 is 16.7 Å². The molecule has 0 fully saturated rings. The molecule has 116 valence electrons. The average Bonchev–Trinajstić information content (AvgIpc) is 3.23. The molecular formula is C14H9N3O6. The summed E-state index contributed by atoms with van der Waals surface area (Å²) >= 11 is 0. The Kier molecular flexibility index (Phi) is 3.59. The third kappa shape index (κ3) is 2.55. The molecule has 0 aliphatic carbocycles. The number of aromatic nitrogens is 2. The van der Waals surface area contributed by atoms with E-state index in [1.54, 1.807) is 24.3 Å². The Bertz CT molecular complexity index is 869. The first kappa shape index (κ1) is 14.4. The van der Waals surface area contributed by atoms with E-state index in [4.69, 9.17) is 8.94 Å². The lowest BCUT2D eigenvalue weighted by molar-refractivity contribution is -0.391. The maximum atomic E-state index is 11.9. The van der Waals surface area contributed by atoms with E-state index in [9.17, 15) is 14.9 Å². The largest absolute Gasteiger partial charge is 0.465 e. The Morgan fingerprint density at radius 3 is 2.78 bits per heavy atom. The summed E-state index contributed by atoms with van der Waals surface area (Å²) in [6.45, 7) is 0. The molecule has 2 aromatic heterocycles. The summed E-state index contributed by atoms with van der Waals surface area (Å²) in [6, 6.07) is 6.70. The molecule has 0 spiro atoms. The normalized spacial score (nSPS) is 10.5. The summed E-state index contributed by atoms with van der Waals surface area (Å²) in [7, 11) is 1.12. The van der Waals surface area contributed by atoms with Crippen LogP contribution >= 0.6 is 0 Å². The summed E-state index contributed by atoms with van der Waals surface area (Å²) in [5.41, 5.74) is 0.738. The van der Waals surface area contributed by atoms with Gasteiger partial charge in [-0.2, -0.15) is 0 Å². The number of hydrogen-bond donors (Lipinski definition) is 0. The van der Waals surface area contributed by atoms with Crippen LogP contribution in [-0.2, 0) is 4.74 Å². The zero-order valence-corrected chi connectivity index (χ0v) is 11.8. The SMILES string of the molecule is COC(=O)c1c([N+](=O)[O-])noc1-c1cccc(-c2cnco2)c1. The van der Waals surface area contributed by atoms with E-state index in [2.05, 4.69) is 14.9 Å². The number of ether oxygens (including phenoxy) is 1. The van der Waals surface area contributed by atoms with Gasteiger partial charge in [0.1, 0.15) is 0 Å². The van der Waals surface area contributed by atoms with E-state index in [1.807, 2.05) is 0 Å². The fraction of sp³-hybridized carbons (Fsp3) is 0.0714. The highest BCUT2D eigenvalue weighted by molar-refractivity contribution is 5.99. The highest BCUT2D eigenvalue weighted by atomic mass is 16.6. The Hall–Kier alpha value is -3.49.